The molecule has 0 saturated carbocycles. The first-order chi connectivity index (χ1) is 14.5. The standard InChI is InChI=1S/C21H22FN3O5S/c1-21(2,3)25-31(27,28)19-11-9-17(30-19)20(26)24-13-14-4-10-18(23-12-14)29-16-7-5-15(22)6-8-16/h4-12,25H,13H2,1-3H3,(H,24,26). The second-order valence-corrected chi connectivity index (χ2v) is 9.33. The highest BCUT2D eigenvalue weighted by molar-refractivity contribution is 7.89. The number of hydrogen-bond acceptors (Lipinski definition) is 6. The highest BCUT2D eigenvalue weighted by Crippen LogP contribution is 2.20. The van der Waals surface area contributed by atoms with Gasteiger partial charge in [0.2, 0.25) is 11.0 Å². The number of rotatable bonds is 7. The van der Waals surface area contributed by atoms with Gasteiger partial charge in [-0.15, -0.1) is 0 Å². The summed E-state index contributed by atoms with van der Waals surface area (Å²) in [4.78, 5) is 16.4. The fraction of sp³-hybridized carbons (Fsp3) is 0.238. The summed E-state index contributed by atoms with van der Waals surface area (Å²) in [6, 6.07) is 11.4. The van der Waals surface area contributed by atoms with Crippen LogP contribution in [0.5, 0.6) is 11.6 Å². The summed E-state index contributed by atoms with van der Waals surface area (Å²) in [5.41, 5.74) is 0.00164. The first-order valence-electron chi connectivity index (χ1n) is 9.32. The van der Waals surface area contributed by atoms with Crippen LogP contribution in [0.4, 0.5) is 4.39 Å². The van der Waals surface area contributed by atoms with Gasteiger partial charge in [0.05, 0.1) is 0 Å². The molecule has 0 aliphatic rings. The van der Waals surface area contributed by atoms with Crippen molar-refractivity contribution in [3.63, 3.8) is 0 Å². The van der Waals surface area contributed by atoms with Gasteiger partial charge in [0.25, 0.3) is 15.9 Å². The highest BCUT2D eigenvalue weighted by Gasteiger charge is 2.26. The number of carbonyl (C=O) groups excluding carboxylic acids is 1. The minimum Gasteiger partial charge on any atom is -0.439 e. The van der Waals surface area contributed by atoms with Crippen LogP contribution in [0.3, 0.4) is 0 Å². The molecule has 0 unspecified atom stereocenters. The van der Waals surface area contributed by atoms with Crippen molar-refractivity contribution in [3.05, 3.63) is 71.9 Å². The molecule has 3 rings (SSSR count). The van der Waals surface area contributed by atoms with Gasteiger partial charge in [-0.05, 0) is 62.7 Å². The summed E-state index contributed by atoms with van der Waals surface area (Å²) in [6.07, 6.45) is 1.52. The van der Waals surface area contributed by atoms with Gasteiger partial charge >= 0.3 is 0 Å². The van der Waals surface area contributed by atoms with Crippen LogP contribution in [-0.2, 0) is 16.6 Å². The Bertz CT molecular complexity index is 1150. The van der Waals surface area contributed by atoms with Gasteiger partial charge in [-0.1, -0.05) is 6.07 Å². The molecule has 31 heavy (non-hydrogen) atoms. The summed E-state index contributed by atoms with van der Waals surface area (Å²) in [5, 5.41) is 2.30. The number of carbonyl (C=O) groups is 1. The van der Waals surface area contributed by atoms with Crippen molar-refractivity contribution >= 4 is 15.9 Å². The van der Waals surface area contributed by atoms with Crippen LogP contribution in [0.2, 0.25) is 0 Å². The SMILES string of the molecule is CC(C)(C)NS(=O)(=O)c1ccc(C(=O)NCc2ccc(Oc3ccc(F)cc3)nc2)o1. The van der Waals surface area contributed by atoms with Crippen LogP contribution in [0.1, 0.15) is 36.9 Å². The van der Waals surface area contributed by atoms with E-state index in [9.17, 15) is 17.6 Å². The Morgan fingerprint density at radius 2 is 1.81 bits per heavy atom. The van der Waals surface area contributed by atoms with Crippen LogP contribution < -0.4 is 14.8 Å². The van der Waals surface area contributed by atoms with E-state index in [4.69, 9.17) is 9.15 Å². The minimum atomic E-state index is -3.87. The molecule has 8 nitrogen and oxygen atoms in total. The Kier molecular flexibility index (Phi) is 6.42. The van der Waals surface area contributed by atoms with Crippen molar-refractivity contribution < 1.29 is 26.8 Å². The van der Waals surface area contributed by atoms with Crippen LogP contribution in [0, 0.1) is 5.82 Å². The van der Waals surface area contributed by atoms with Crippen molar-refractivity contribution in [1.29, 1.82) is 0 Å². The molecule has 0 radical (unpaired) electrons. The number of nitrogens with zero attached hydrogens (tertiary/aromatic N) is 1. The fourth-order valence-electron chi connectivity index (χ4n) is 2.51. The van der Waals surface area contributed by atoms with Gasteiger partial charge in [0.15, 0.2) is 5.76 Å². The van der Waals surface area contributed by atoms with Crippen LogP contribution in [-0.4, -0.2) is 24.8 Å². The maximum Gasteiger partial charge on any atom is 0.287 e. The average molecular weight is 447 g/mol. The molecule has 2 heterocycles. The number of benzene rings is 1. The van der Waals surface area contributed by atoms with Gasteiger partial charge in [-0.2, -0.15) is 0 Å². The quantitative estimate of drug-likeness (QED) is 0.572. The van der Waals surface area contributed by atoms with E-state index >= 15 is 0 Å². The van der Waals surface area contributed by atoms with Gasteiger partial charge in [-0.25, -0.2) is 22.5 Å². The van der Waals surface area contributed by atoms with E-state index in [-0.39, 0.29) is 23.2 Å². The van der Waals surface area contributed by atoms with Crippen molar-refractivity contribution in [3.8, 4) is 11.6 Å². The molecule has 0 aliphatic heterocycles. The van der Waals surface area contributed by atoms with Crippen molar-refractivity contribution in [2.45, 2.75) is 37.9 Å². The van der Waals surface area contributed by atoms with Crippen LogP contribution >= 0.6 is 0 Å². The number of pyridine rings is 1. The number of aromatic nitrogens is 1. The highest BCUT2D eigenvalue weighted by atomic mass is 32.2. The minimum absolute atomic E-state index is 0.126. The molecule has 0 fully saturated rings. The largest absolute Gasteiger partial charge is 0.439 e. The van der Waals surface area contributed by atoms with Gasteiger partial charge in [-0.3, -0.25) is 4.79 Å². The summed E-state index contributed by atoms with van der Waals surface area (Å²) in [5.74, 6) is -0.297. The van der Waals surface area contributed by atoms with Crippen LogP contribution in [0.15, 0.2) is 64.2 Å². The summed E-state index contributed by atoms with van der Waals surface area (Å²) in [6.45, 7) is 5.24. The molecular formula is C21H22FN3O5S. The number of furan rings is 1. The Balaban J connectivity index is 1.57. The number of sulfonamides is 1. The zero-order valence-corrected chi connectivity index (χ0v) is 18.0. The summed E-state index contributed by atoms with van der Waals surface area (Å²) >= 11 is 0. The topological polar surface area (TPSA) is 111 Å². The molecule has 10 heteroatoms. The van der Waals surface area contributed by atoms with E-state index < -0.39 is 21.5 Å². The second-order valence-electron chi connectivity index (χ2n) is 7.72. The van der Waals surface area contributed by atoms with E-state index in [0.29, 0.717) is 17.2 Å². The van der Waals surface area contributed by atoms with Gasteiger partial charge in [0, 0.05) is 24.3 Å². The predicted molar refractivity (Wildman–Crippen MR) is 111 cm³/mol. The first kappa shape index (κ1) is 22.4. The molecule has 0 bridgehead atoms. The lowest BCUT2D eigenvalue weighted by Gasteiger charge is -2.18. The normalized spacial score (nSPS) is 11.9. The number of amides is 1. The maximum atomic E-state index is 12.9. The van der Waals surface area contributed by atoms with Crippen molar-refractivity contribution in [1.82, 2.24) is 15.0 Å². The number of ether oxygens (including phenoxy) is 1. The molecule has 0 atom stereocenters. The lowest BCUT2D eigenvalue weighted by Crippen LogP contribution is -2.40. The Morgan fingerprint density at radius 1 is 1.10 bits per heavy atom. The Hall–Kier alpha value is -3.24. The zero-order valence-electron chi connectivity index (χ0n) is 17.2. The molecule has 0 saturated heterocycles. The predicted octanol–water partition coefficient (Wildman–Crippen LogP) is 3.61. The summed E-state index contributed by atoms with van der Waals surface area (Å²) < 4.78 is 50.6. The third-order valence-corrected chi connectivity index (χ3v) is 5.43. The lowest BCUT2D eigenvalue weighted by atomic mass is 10.1. The molecule has 1 amide bonds. The third kappa shape index (κ3) is 6.37. The van der Waals surface area contributed by atoms with E-state index in [2.05, 4.69) is 15.0 Å². The molecule has 2 aromatic heterocycles. The molecule has 0 spiro atoms. The Labute approximate surface area is 179 Å². The first-order valence-corrected chi connectivity index (χ1v) is 10.8. The smallest absolute Gasteiger partial charge is 0.287 e. The van der Waals surface area contributed by atoms with Gasteiger partial charge in [0.1, 0.15) is 11.6 Å². The van der Waals surface area contributed by atoms with Gasteiger partial charge < -0.3 is 14.5 Å². The zero-order chi connectivity index (χ0) is 22.6. The number of hydrogen-bond donors (Lipinski definition) is 2. The lowest BCUT2D eigenvalue weighted by molar-refractivity contribution is 0.0917. The van der Waals surface area contributed by atoms with E-state index in [1.165, 1.54) is 42.6 Å². The second kappa shape index (κ2) is 8.86. The van der Waals surface area contributed by atoms with E-state index in [1.54, 1.807) is 32.9 Å². The fourth-order valence-corrected chi connectivity index (χ4v) is 3.86. The molecule has 0 aliphatic carbocycles. The van der Waals surface area contributed by atoms with Crippen LogP contribution in [0.25, 0.3) is 0 Å². The summed E-state index contributed by atoms with van der Waals surface area (Å²) in [7, 11) is -3.87. The van der Waals surface area contributed by atoms with E-state index in [1.807, 2.05) is 0 Å². The van der Waals surface area contributed by atoms with E-state index in [0.717, 1.165) is 0 Å². The number of halogens is 1. The van der Waals surface area contributed by atoms with Crippen molar-refractivity contribution in [2.24, 2.45) is 0 Å². The molecule has 2 N–H and O–H groups in total. The average Bonchev–Trinajstić information content (AvgIpc) is 3.19. The van der Waals surface area contributed by atoms with Crippen molar-refractivity contribution in [2.75, 3.05) is 0 Å². The monoisotopic (exact) mass is 447 g/mol. The Morgan fingerprint density at radius 3 is 2.42 bits per heavy atom. The molecule has 3 aromatic rings. The number of nitrogens with one attached hydrogen (secondary N) is 2. The molecule has 164 valence electrons. The molecule has 1 aromatic carbocycles. The molecular weight excluding hydrogens is 425 g/mol. The third-order valence-electron chi connectivity index (χ3n) is 3.80. The maximum absolute atomic E-state index is 12.9.